The molecule has 0 heterocycles. The predicted octanol–water partition coefficient (Wildman–Crippen LogP) is 1.43. The first kappa shape index (κ1) is 19.0. The summed E-state index contributed by atoms with van der Waals surface area (Å²) in [6, 6.07) is 0. The fraction of sp³-hybridized carbons (Fsp3) is 0.500. The van der Waals surface area contributed by atoms with E-state index in [0.29, 0.717) is 12.2 Å². The molecule has 0 aliphatic rings. The zero-order chi connectivity index (χ0) is 15.8. The molecule has 0 bridgehead atoms. The van der Waals surface area contributed by atoms with Crippen molar-refractivity contribution in [1.29, 1.82) is 0 Å². The summed E-state index contributed by atoms with van der Waals surface area (Å²) in [7, 11) is -4.00. The van der Waals surface area contributed by atoms with E-state index in [1.807, 2.05) is 0 Å². The summed E-state index contributed by atoms with van der Waals surface area (Å²) < 4.78 is 48.8. The fourth-order valence-electron chi connectivity index (χ4n) is 0.715. The van der Waals surface area contributed by atoms with Crippen LogP contribution in [-0.4, -0.2) is 40.4 Å². The van der Waals surface area contributed by atoms with Gasteiger partial charge in [0.15, 0.2) is 0 Å². The van der Waals surface area contributed by atoms with Gasteiger partial charge in [0.05, 0.1) is 0 Å². The van der Waals surface area contributed by atoms with Crippen molar-refractivity contribution >= 4 is 27.6 Å². The molecule has 0 unspecified atom stereocenters. The van der Waals surface area contributed by atoms with Crippen LogP contribution in [0.5, 0.6) is 0 Å². The number of carbonyl (C=O) groups excluding carboxylic acids is 2. The Labute approximate surface area is 115 Å². The minimum absolute atomic E-state index is 0.572. The SMILES string of the molecule is COP(=O)(OC)OC(=O)C=CC(=O)OP(=O)(OC)OC. The number of rotatable bonds is 8. The first-order valence-electron chi connectivity index (χ1n) is 4.82. The maximum absolute atomic E-state index is 11.4. The molecule has 0 saturated carbocycles. The lowest BCUT2D eigenvalue weighted by molar-refractivity contribution is -0.133. The van der Waals surface area contributed by atoms with Crippen LogP contribution in [0.25, 0.3) is 0 Å². The van der Waals surface area contributed by atoms with E-state index in [0.717, 1.165) is 28.4 Å². The van der Waals surface area contributed by atoms with Crippen LogP contribution < -0.4 is 0 Å². The van der Waals surface area contributed by atoms with Gasteiger partial charge in [-0.2, -0.15) is 0 Å². The second-order valence-electron chi connectivity index (χ2n) is 2.78. The largest absolute Gasteiger partial charge is 0.531 e. The van der Waals surface area contributed by atoms with Crippen LogP contribution in [0.2, 0.25) is 0 Å². The van der Waals surface area contributed by atoms with Crippen molar-refractivity contribution in [1.82, 2.24) is 0 Å². The van der Waals surface area contributed by atoms with Crippen molar-refractivity contribution in [3.63, 3.8) is 0 Å². The third-order valence-corrected chi connectivity index (χ3v) is 4.25. The Morgan fingerprint density at radius 1 is 0.700 bits per heavy atom. The highest BCUT2D eigenvalue weighted by Crippen LogP contribution is 2.48. The molecule has 0 N–H and O–H groups in total. The maximum atomic E-state index is 11.4. The average molecular weight is 332 g/mol. The molecule has 0 aliphatic carbocycles. The lowest BCUT2D eigenvalue weighted by Crippen LogP contribution is -2.05. The van der Waals surface area contributed by atoms with Gasteiger partial charge >= 0.3 is 27.6 Å². The molecule has 20 heavy (non-hydrogen) atoms. The monoisotopic (exact) mass is 332 g/mol. The van der Waals surface area contributed by atoms with Gasteiger partial charge in [0.25, 0.3) is 0 Å². The van der Waals surface area contributed by atoms with Crippen LogP contribution >= 0.6 is 15.6 Å². The lowest BCUT2D eigenvalue weighted by atomic mass is 10.5. The second kappa shape index (κ2) is 8.31. The quantitative estimate of drug-likeness (QED) is 0.476. The molecule has 0 aromatic carbocycles. The lowest BCUT2D eigenvalue weighted by Gasteiger charge is -2.11. The van der Waals surface area contributed by atoms with Crippen LogP contribution in [-0.2, 0) is 45.9 Å². The first-order chi connectivity index (χ1) is 9.24. The van der Waals surface area contributed by atoms with E-state index < -0.39 is 27.6 Å². The third-order valence-electron chi connectivity index (χ3n) is 1.65. The number of hydrogen-bond donors (Lipinski definition) is 0. The molecule has 0 saturated heterocycles. The van der Waals surface area contributed by atoms with E-state index in [9.17, 15) is 18.7 Å². The smallest absolute Gasteiger partial charge is 0.367 e. The van der Waals surface area contributed by atoms with Crippen LogP contribution in [0.4, 0.5) is 0 Å². The Bertz CT molecular complexity index is 412. The third kappa shape index (κ3) is 6.42. The van der Waals surface area contributed by atoms with Gasteiger partial charge in [-0.05, 0) is 0 Å². The molecule has 0 aromatic rings. The number of phosphoric ester groups is 2. The summed E-state index contributed by atoms with van der Waals surface area (Å²) in [5, 5.41) is 0. The summed E-state index contributed by atoms with van der Waals surface area (Å²) >= 11 is 0. The van der Waals surface area contributed by atoms with E-state index in [-0.39, 0.29) is 0 Å². The van der Waals surface area contributed by atoms with Crippen molar-refractivity contribution in [2.24, 2.45) is 0 Å². The van der Waals surface area contributed by atoms with Crippen LogP contribution in [0.3, 0.4) is 0 Å². The van der Waals surface area contributed by atoms with Gasteiger partial charge in [-0.25, -0.2) is 18.7 Å². The molecule has 116 valence electrons. The number of hydrogen-bond acceptors (Lipinski definition) is 10. The summed E-state index contributed by atoms with van der Waals surface area (Å²) in [5.41, 5.74) is 0. The topological polar surface area (TPSA) is 124 Å². The average Bonchev–Trinajstić information content (AvgIpc) is 2.44. The van der Waals surface area contributed by atoms with Crippen LogP contribution in [0.15, 0.2) is 12.2 Å². The van der Waals surface area contributed by atoms with Gasteiger partial charge in [-0.1, -0.05) is 0 Å². The highest BCUT2D eigenvalue weighted by Gasteiger charge is 2.28. The Hall–Kier alpha value is -1.02. The van der Waals surface area contributed by atoms with Gasteiger partial charge in [0, 0.05) is 40.6 Å². The van der Waals surface area contributed by atoms with Crippen molar-refractivity contribution in [2.75, 3.05) is 28.4 Å². The van der Waals surface area contributed by atoms with E-state index in [1.54, 1.807) is 0 Å². The van der Waals surface area contributed by atoms with E-state index in [2.05, 4.69) is 27.1 Å². The standard InChI is InChI=1S/C8H14O10P2/c1-13-19(11,14-2)17-7(9)5-6-8(10)18-20(12,15-3)16-4/h5-6H,1-4H3. The summed E-state index contributed by atoms with van der Waals surface area (Å²) in [4.78, 5) is 22.4. The minimum atomic E-state index is -4.01. The zero-order valence-corrected chi connectivity index (χ0v) is 12.9. The van der Waals surface area contributed by atoms with Gasteiger partial charge in [-0.15, -0.1) is 0 Å². The fourth-order valence-corrected chi connectivity index (χ4v) is 1.87. The molecule has 0 fully saturated rings. The van der Waals surface area contributed by atoms with Crippen molar-refractivity contribution in [2.45, 2.75) is 0 Å². The van der Waals surface area contributed by atoms with Crippen molar-refractivity contribution < 1.29 is 45.9 Å². The van der Waals surface area contributed by atoms with Crippen molar-refractivity contribution in [3.8, 4) is 0 Å². The maximum Gasteiger partial charge on any atom is 0.531 e. The second-order valence-corrected chi connectivity index (χ2v) is 6.39. The predicted molar refractivity (Wildman–Crippen MR) is 64.6 cm³/mol. The molecule has 10 nitrogen and oxygen atoms in total. The van der Waals surface area contributed by atoms with Gasteiger partial charge in [0.1, 0.15) is 0 Å². The highest BCUT2D eigenvalue weighted by atomic mass is 31.2. The zero-order valence-electron chi connectivity index (χ0n) is 11.1. The van der Waals surface area contributed by atoms with Gasteiger partial charge in [-0.3, -0.25) is 18.1 Å². The molecule has 0 rings (SSSR count). The molecular weight excluding hydrogens is 318 g/mol. The Morgan fingerprint density at radius 3 is 1.15 bits per heavy atom. The molecule has 0 radical (unpaired) electrons. The molecule has 0 aromatic heterocycles. The van der Waals surface area contributed by atoms with E-state index in [1.165, 1.54) is 0 Å². The number of phosphoric acid groups is 2. The van der Waals surface area contributed by atoms with Crippen molar-refractivity contribution in [3.05, 3.63) is 12.2 Å². The summed E-state index contributed by atoms with van der Waals surface area (Å²) in [6.45, 7) is 0. The number of carbonyl (C=O) groups is 2. The normalized spacial score (nSPS) is 12.4. The summed E-state index contributed by atoms with van der Waals surface area (Å²) in [5.74, 6) is -2.39. The Morgan fingerprint density at radius 2 is 0.950 bits per heavy atom. The Kier molecular flexibility index (Phi) is 7.88. The molecule has 0 spiro atoms. The molecular formula is C8H14O10P2. The highest BCUT2D eigenvalue weighted by molar-refractivity contribution is 7.49. The van der Waals surface area contributed by atoms with E-state index in [4.69, 9.17) is 0 Å². The molecule has 0 aliphatic heterocycles. The molecule has 12 heteroatoms. The van der Waals surface area contributed by atoms with Crippen LogP contribution in [0.1, 0.15) is 0 Å². The van der Waals surface area contributed by atoms with E-state index >= 15 is 0 Å². The first-order valence-corrected chi connectivity index (χ1v) is 7.74. The molecule has 0 amide bonds. The summed E-state index contributed by atoms with van der Waals surface area (Å²) in [6.07, 6.45) is 1.14. The van der Waals surface area contributed by atoms with Gasteiger partial charge < -0.3 is 9.05 Å². The van der Waals surface area contributed by atoms with Crippen LogP contribution in [0, 0.1) is 0 Å². The van der Waals surface area contributed by atoms with Gasteiger partial charge in [0.2, 0.25) is 0 Å². The minimum Gasteiger partial charge on any atom is -0.367 e. The molecule has 0 atom stereocenters. The Balaban J connectivity index is 4.58.